The Morgan fingerprint density at radius 2 is 1.95 bits per heavy atom. The SMILES string of the molecule is CCc1ccc(C(=O)CCN2CCCC2CCC(=O)O)cc1. The zero-order chi connectivity index (χ0) is 15.9. The highest BCUT2D eigenvalue weighted by atomic mass is 16.4. The number of likely N-dealkylation sites (tertiary alicyclic amines) is 1. The van der Waals surface area contributed by atoms with E-state index in [9.17, 15) is 9.59 Å². The molecule has 2 rings (SSSR count). The summed E-state index contributed by atoms with van der Waals surface area (Å²) in [6, 6.07) is 8.17. The molecule has 1 unspecified atom stereocenters. The van der Waals surface area contributed by atoms with Crippen LogP contribution in [0.4, 0.5) is 0 Å². The number of carbonyl (C=O) groups excluding carboxylic acids is 1. The van der Waals surface area contributed by atoms with Gasteiger partial charge < -0.3 is 5.11 Å². The minimum absolute atomic E-state index is 0.173. The lowest BCUT2D eigenvalue weighted by atomic mass is 10.0. The fraction of sp³-hybridized carbons (Fsp3) is 0.556. The van der Waals surface area contributed by atoms with Gasteiger partial charge in [-0.2, -0.15) is 0 Å². The molecule has 0 spiro atoms. The molecule has 22 heavy (non-hydrogen) atoms. The number of aliphatic carboxylic acids is 1. The van der Waals surface area contributed by atoms with Crippen LogP contribution in [0.2, 0.25) is 0 Å². The van der Waals surface area contributed by atoms with Crippen molar-refractivity contribution >= 4 is 11.8 Å². The van der Waals surface area contributed by atoms with E-state index in [0.717, 1.165) is 37.9 Å². The summed E-state index contributed by atoms with van der Waals surface area (Å²) in [5.41, 5.74) is 2.02. The number of carboxylic acid groups (broad SMARTS) is 1. The monoisotopic (exact) mass is 303 g/mol. The number of ketones is 1. The Kier molecular flexibility index (Phi) is 6.13. The van der Waals surface area contributed by atoms with Gasteiger partial charge in [-0.3, -0.25) is 14.5 Å². The van der Waals surface area contributed by atoms with Crippen molar-refractivity contribution < 1.29 is 14.7 Å². The van der Waals surface area contributed by atoms with Crippen LogP contribution >= 0.6 is 0 Å². The predicted octanol–water partition coefficient (Wildman–Crippen LogP) is 3.15. The van der Waals surface area contributed by atoms with Crippen LogP contribution in [-0.4, -0.2) is 40.9 Å². The van der Waals surface area contributed by atoms with Crippen molar-refractivity contribution in [3.63, 3.8) is 0 Å². The molecule has 1 aromatic rings. The largest absolute Gasteiger partial charge is 0.481 e. The zero-order valence-electron chi connectivity index (χ0n) is 13.3. The molecule has 4 nitrogen and oxygen atoms in total. The van der Waals surface area contributed by atoms with Crippen LogP contribution in [0.5, 0.6) is 0 Å². The van der Waals surface area contributed by atoms with Crippen LogP contribution in [0, 0.1) is 0 Å². The smallest absolute Gasteiger partial charge is 0.303 e. The fourth-order valence-electron chi connectivity index (χ4n) is 3.12. The van der Waals surface area contributed by atoms with Crippen molar-refractivity contribution in [2.45, 2.75) is 51.5 Å². The molecule has 1 heterocycles. The van der Waals surface area contributed by atoms with Crippen molar-refractivity contribution in [1.82, 2.24) is 4.90 Å². The van der Waals surface area contributed by atoms with Gasteiger partial charge in [0.15, 0.2) is 5.78 Å². The van der Waals surface area contributed by atoms with Crippen molar-refractivity contribution in [2.24, 2.45) is 0 Å². The van der Waals surface area contributed by atoms with E-state index < -0.39 is 5.97 Å². The van der Waals surface area contributed by atoms with Crippen LogP contribution in [0.15, 0.2) is 24.3 Å². The molecular weight excluding hydrogens is 278 g/mol. The molecule has 120 valence electrons. The molecule has 0 saturated carbocycles. The molecule has 1 atom stereocenters. The van der Waals surface area contributed by atoms with Crippen LogP contribution < -0.4 is 0 Å². The summed E-state index contributed by atoms with van der Waals surface area (Å²) in [6.07, 6.45) is 4.54. The summed E-state index contributed by atoms with van der Waals surface area (Å²) >= 11 is 0. The van der Waals surface area contributed by atoms with Gasteiger partial charge >= 0.3 is 5.97 Å². The second-order valence-electron chi connectivity index (χ2n) is 5.99. The highest BCUT2D eigenvalue weighted by Crippen LogP contribution is 2.22. The van der Waals surface area contributed by atoms with E-state index in [0.29, 0.717) is 18.9 Å². The first-order valence-corrected chi connectivity index (χ1v) is 8.18. The number of hydrogen-bond donors (Lipinski definition) is 1. The molecule has 0 radical (unpaired) electrons. The van der Waals surface area contributed by atoms with E-state index in [1.807, 2.05) is 24.3 Å². The number of benzene rings is 1. The molecule has 1 aromatic carbocycles. The molecule has 1 aliphatic rings. The average molecular weight is 303 g/mol. The number of rotatable bonds is 8. The zero-order valence-corrected chi connectivity index (χ0v) is 13.3. The van der Waals surface area contributed by atoms with E-state index in [1.165, 1.54) is 5.56 Å². The number of hydrogen-bond acceptors (Lipinski definition) is 3. The summed E-state index contributed by atoms with van der Waals surface area (Å²) in [4.78, 5) is 25.2. The number of aryl methyl sites for hydroxylation is 1. The Balaban J connectivity index is 1.82. The summed E-state index contributed by atoms with van der Waals surface area (Å²) in [7, 11) is 0. The van der Waals surface area contributed by atoms with Crippen molar-refractivity contribution in [3.8, 4) is 0 Å². The maximum Gasteiger partial charge on any atom is 0.303 e. The minimum Gasteiger partial charge on any atom is -0.481 e. The molecule has 0 bridgehead atoms. The van der Waals surface area contributed by atoms with Crippen molar-refractivity contribution in [2.75, 3.05) is 13.1 Å². The van der Waals surface area contributed by atoms with Gasteiger partial charge in [0.25, 0.3) is 0 Å². The van der Waals surface area contributed by atoms with Gasteiger partial charge in [-0.15, -0.1) is 0 Å². The molecule has 0 aliphatic carbocycles. The van der Waals surface area contributed by atoms with Crippen molar-refractivity contribution in [1.29, 1.82) is 0 Å². The van der Waals surface area contributed by atoms with E-state index in [1.54, 1.807) is 0 Å². The molecule has 0 aromatic heterocycles. The predicted molar refractivity (Wildman–Crippen MR) is 86.2 cm³/mol. The summed E-state index contributed by atoms with van der Waals surface area (Å²) in [5, 5.41) is 8.80. The van der Waals surface area contributed by atoms with Crippen LogP contribution in [0.1, 0.15) is 54.9 Å². The normalized spacial score (nSPS) is 18.5. The number of nitrogens with zero attached hydrogens (tertiary/aromatic N) is 1. The lowest BCUT2D eigenvalue weighted by molar-refractivity contribution is -0.137. The van der Waals surface area contributed by atoms with E-state index >= 15 is 0 Å². The molecule has 4 heteroatoms. The van der Waals surface area contributed by atoms with Gasteiger partial charge in [0.05, 0.1) is 0 Å². The van der Waals surface area contributed by atoms with Crippen LogP contribution in [0.3, 0.4) is 0 Å². The van der Waals surface area contributed by atoms with Crippen molar-refractivity contribution in [3.05, 3.63) is 35.4 Å². The Morgan fingerprint density at radius 1 is 1.23 bits per heavy atom. The molecule has 1 fully saturated rings. The summed E-state index contributed by atoms with van der Waals surface area (Å²) < 4.78 is 0. The molecular formula is C18H25NO3. The lowest BCUT2D eigenvalue weighted by Gasteiger charge is -2.23. The molecule has 0 amide bonds. The third kappa shape index (κ3) is 4.67. The highest BCUT2D eigenvalue weighted by molar-refractivity contribution is 5.96. The van der Waals surface area contributed by atoms with Crippen LogP contribution in [0.25, 0.3) is 0 Å². The van der Waals surface area contributed by atoms with E-state index in [4.69, 9.17) is 5.11 Å². The maximum atomic E-state index is 12.3. The van der Waals surface area contributed by atoms with Gasteiger partial charge in [0, 0.05) is 31.0 Å². The number of carboxylic acids is 1. The maximum absolute atomic E-state index is 12.3. The second kappa shape index (κ2) is 8.08. The van der Waals surface area contributed by atoms with E-state index in [2.05, 4.69) is 11.8 Å². The van der Waals surface area contributed by atoms with Gasteiger partial charge in [-0.1, -0.05) is 31.2 Å². The number of carbonyl (C=O) groups is 2. The standard InChI is InChI=1S/C18H25NO3/c1-2-14-5-7-15(8-6-14)17(20)11-13-19-12-3-4-16(19)9-10-18(21)22/h5-8,16H,2-4,9-13H2,1H3,(H,21,22). The Morgan fingerprint density at radius 3 is 2.59 bits per heavy atom. The topological polar surface area (TPSA) is 57.6 Å². The van der Waals surface area contributed by atoms with Gasteiger partial charge in [-0.25, -0.2) is 0 Å². The van der Waals surface area contributed by atoms with Crippen LogP contribution in [-0.2, 0) is 11.2 Å². The first kappa shape index (κ1) is 16.7. The number of Topliss-reactive ketones (excluding diaryl/α,β-unsaturated/α-hetero) is 1. The van der Waals surface area contributed by atoms with Gasteiger partial charge in [0.1, 0.15) is 0 Å². The van der Waals surface area contributed by atoms with Gasteiger partial charge in [-0.05, 0) is 37.8 Å². The average Bonchev–Trinajstić information content (AvgIpc) is 2.98. The third-order valence-electron chi connectivity index (χ3n) is 4.50. The molecule has 1 N–H and O–H groups in total. The summed E-state index contributed by atoms with van der Waals surface area (Å²) in [5.74, 6) is -0.564. The Bertz CT molecular complexity index is 510. The second-order valence-corrected chi connectivity index (χ2v) is 5.99. The summed E-state index contributed by atoms with van der Waals surface area (Å²) in [6.45, 7) is 3.81. The molecule has 1 aliphatic heterocycles. The lowest BCUT2D eigenvalue weighted by Crippen LogP contribution is -2.32. The quantitative estimate of drug-likeness (QED) is 0.750. The first-order valence-electron chi connectivity index (χ1n) is 8.18. The minimum atomic E-state index is -0.737. The Labute approximate surface area is 132 Å². The molecule has 1 saturated heterocycles. The Hall–Kier alpha value is -1.68. The fourth-order valence-corrected chi connectivity index (χ4v) is 3.12. The highest BCUT2D eigenvalue weighted by Gasteiger charge is 2.25. The first-order chi connectivity index (χ1) is 10.6. The van der Waals surface area contributed by atoms with Gasteiger partial charge in [0.2, 0.25) is 0 Å². The van der Waals surface area contributed by atoms with E-state index in [-0.39, 0.29) is 12.2 Å². The third-order valence-corrected chi connectivity index (χ3v) is 4.50.